The molecule has 0 saturated heterocycles. The van der Waals surface area contributed by atoms with E-state index in [0.717, 1.165) is 6.07 Å². The summed E-state index contributed by atoms with van der Waals surface area (Å²) in [5.74, 6) is -1.70. The summed E-state index contributed by atoms with van der Waals surface area (Å²) >= 11 is 5.41. The fourth-order valence-electron chi connectivity index (χ4n) is 1.16. The molecule has 7 heteroatoms. The van der Waals surface area contributed by atoms with Crippen LogP contribution in [0.15, 0.2) is 6.07 Å². The summed E-state index contributed by atoms with van der Waals surface area (Å²) in [6.45, 7) is 0. The number of aromatic carboxylic acids is 1. The number of aromatic nitrogens is 1. The highest BCUT2D eigenvalue weighted by Gasteiger charge is 2.24. The highest BCUT2D eigenvalue weighted by Crippen LogP contribution is 2.26. The molecule has 1 aromatic heterocycles. The molecule has 0 radical (unpaired) electrons. The molecule has 1 rings (SSSR count). The lowest BCUT2D eigenvalue weighted by molar-refractivity contribution is 0.0684. The zero-order valence-electron chi connectivity index (χ0n) is 7.75. The lowest BCUT2D eigenvalue weighted by atomic mass is 10.1. The Hall–Kier alpha value is -1.74. The standard InChI is InChI=1S/C9H5ClF2N2O2/c10-2-4-1-5(9(15)16)7(8(11)12)6(3-13)14-4/h1,8H,2H2,(H,15,16). The van der Waals surface area contributed by atoms with E-state index >= 15 is 0 Å². The van der Waals surface area contributed by atoms with Gasteiger partial charge in [-0.25, -0.2) is 18.6 Å². The van der Waals surface area contributed by atoms with Crippen LogP contribution in [0.25, 0.3) is 0 Å². The lowest BCUT2D eigenvalue weighted by Gasteiger charge is -2.08. The molecule has 1 aromatic rings. The first-order valence-electron chi connectivity index (χ1n) is 4.02. The van der Waals surface area contributed by atoms with E-state index < -0.39 is 29.2 Å². The van der Waals surface area contributed by atoms with Crippen LogP contribution in [0.3, 0.4) is 0 Å². The Kier molecular flexibility index (Phi) is 3.74. The minimum Gasteiger partial charge on any atom is -0.478 e. The number of carboxylic acid groups (broad SMARTS) is 1. The predicted octanol–water partition coefficient (Wildman–Crippen LogP) is 2.33. The minimum absolute atomic E-state index is 0.0695. The van der Waals surface area contributed by atoms with Gasteiger partial charge in [-0.15, -0.1) is 11.6 Å². The van der Waals surface area contributed by atoms with Crippen LogP contribution in [0.5, 0.6) is 0 Å². The summed E-state index contributed by atoms with van der Waals surface area (Å²) in [6.07, 6.45) is -3.07. The summed E-state index contributed by atoms with van der Waals surface area (Å²) < 4.78 is 25.2. The molecule has 0 saturated carbocycles. The molecular formula is C9H5ClF2N2O2. The van der Waals surface area contributed by atoms with E-state index in [2.05, 4.69) is 4.98 Å². The van der Waals surface area contributed by atoms with E-state index in [1.165, 1.54) is 6.07 Å². The first-order chi connectivity index (χ1) is 7.51. The van der Waals surface area contributed by atoms with Crippen LogP contribution < -0.4 is 0 Å². The van der Waals surface area contributed by atoms with Crippen molar-refractivity contribution in [1.29, 1.82) is 5.26 Å². The Labute approximate surface area is 94.1 Å². The molecule has 0 atom stereocenters. The van der Waals surface area contributed by atoms with Crippen LogP contribution in [0.4, 0.5) is 8.78 Å². The smallest absolute Gasteiger partial charge is 0.336 e. The van der Waals surface area contributed by atoms with E-state index in [9.17, 15) is 13.6 Å². The Bertz CT molecular complexity index is 471. The molecular weight excluding hydrogens is 242 g/mol. The highest BCUT2D eigenvalue weighted by molar-refractivity contribution is 6.17. The predicted molar refractivity (Wildman–Crippen MR) is 50.4 cm³/mol. The normalized spacial score (nSPS) is 10.2. The second-order valence-electron chi connectivity index (χ2n) is 2.77. The van der Waals surface area contributed by atoms with Crippen LogP contribution in [0, 0.1) is 11.3 Å². The van der Waals surface area contributed by atoms with Crippen LogP contribution >= 0.6 is 11.6 Å². The number of nitriles is 1. The van der Waals surface area contributed by atoms with Gasteiger partial charge in [0.25, 0.3) is 6.43 Å². The molecule has 0 aliphatic rings. The zero-order chi connectivity index (χ0) is 12.3. The summed E-state index contributed by atoms with van der Waals surface area (Å²) in [6, 6.07) is 2.38. The SMILES string of the molecule is N#Cc1nc(CCl)cc(C(=O)O)c1C(F)F. The molecule has 1 heterocycles. The number of nitrogens with zero attached hydrogens (tertiary/aromatic N) is 2. The van der Waals surface area contributed by atoms with E-state index in [1.54, 1.807) is 0 Å². The van der Waals surface area contributed by atoms with E-state index in [-0.39, 0.29) is 11.6 Å². The maximum atomic E-state index is 12.6. The topological polar surface area (TPSA) is 74.0 Å². The molecule has 0 aliphatic carbocycles. The number of rotatable bonds is 3. The summed E-state index contributed by atoms with van der Waals surface area (Å²) in [4.78, 5) is 14.3. The highest BCUT2D eigenvalue weighted by atomic mass is 35.5. The van der Waals surface area contributed by atoms with E-state index in [0.29, 0.717) is 0 Å². The Morgan fingerprint density at radius 1 is 1.69 bits per heavy atom. The van der Waals surface area contributed by atoms with Crippen molar-refractivity contribution in [2.45, 2.75) is 12.3 Å². The second-order valence-corrected chi connectivity index (χ2v) is 3.04. The number of carboxylic acids is 1. The maximum absolute atomic E-state index is 12.6. The van der Waals surface area contributed by atoms with Gasteiger partial charge in [0.1, 0.15) is 6.07 Å². The Morgan fingerprint density at radius 3 is 2.69 bits per heavy atom. The van der Waals surface area contributed by atoms with Crippen LogP contribution in [0.2, 0.25) is 0 Å². The molecule has 0 bridgehead atoms. The average Bonchev–Trinajstić information content (AvgIpc) is 2.26. The fourth-order valence-corrected chi connectivity index (χ4v) is 1.30. The summed E-state index contributed by atoms with van der Waals surface area (Å²) in [5.41, 5.74) is -2.05. The first kappa shape index (κ1) is 12.3. The number of pyridine rings is 1. The number of halogens is 3. The van der Waals surface area contributed by atoms with Gasteiger partial charge >= 0.3 is 5.97 Å². The molecule has 84 valence electrons. The fraction of sp³-hybridized carbons (Fsp3) is 0.222. The Morgan fingerprint density at radius 2 is 2.31 bits per heavy atom. The number of carbonyl (C=O) groups is 1. The van der Waals surface area contributed by atoms with E-state index in [4.69, 9.17) is 22.0 Å². The largest absolute Gasteiger partial charge is 0.478 e. The third-order valence-corrected chi connectivity index (χ3v) is 2.08. The van der Waals surface area contributed by atoms with Gasteiger partial charge in [-0.1, -0.05) is 0 Å². The van der Waals surface area contributed by atoms with Gasteiger partial charge in [-0.3, -0.25) is 0 Å². The molecule has 0 fully saturated rings. The third kappa shape index (κ3) is 2.25. The van der Waals surface area contributed by atoms with Gasteiger partial charge in [-0.2, -0.15) is 5.26 Å². The summed E-state index contributed by atoms with van der Waals surface area (Å²) in [5, 5.41) is 17.4. The second kappa shape index (κ2) is 4.86. The first-order valence-corrected chi connectivity index (χ1v) is 4.56. The van der Waals surface area contributed by atoms with Gasteiger partial charge in [0.2, 0.25) is 0 Å². The van der Waals surface area contributed by atoms with Crippen molar-refractivity contribution in [3.05, 3.63) is 28.6 Å². The van der Waals surface area contributed by atoms with Crippen molar-refractivity contribution in [1.82, 2.24) is 4.98 Å². The number of hydrogen-bond donors (Lipinski definition) is 1. The molecule has 0 spiro atoms. The van der Waals surface area contributed by atoms with Crippen molar-refractivity contribution in [3.8, 4) is 6.07 Å². The monoisotopic (exact) mass is 246 g/mol. The van der Waals surface area contributed by atoms with Crippen molar-refractivity contribution in [2.75, 3.05) is 0 Å². The molecule has 0 aliphatic heterocycles. The van der Waals surface area contributed by atoms with Crippen LogP contribution in [-0.2, 0) is 5.88 Å². The van der Waals surface area contributed by atoms with Crippen molar-refractivity contribution < 1.29 is 18.7 Å². The minimum atomic E-state index is -3.07. The number of hydrogen-bond acceptors (Lipinski definition) is 3. The molecule has 0 unspecified atom stereocenters. The quantitative estimate of drug-likeness (QED) is 0.831. The summed E-state index contributed by atoms with van der Waals surface area (Å²) in [7, 11) is 0. The Balaban J connectivity index is 3.55. The van der Waals surface area contributed by atoms with Gasteiger partial charge in [-0.05, 0) is 6.07 Å². The van der Waals surface area contributed by atoms with Crippen molar-refractivity contribution in [3.63, 3.8) is 0 Å². The van der Waals surface area contributed by atoms with Crippen molar-refractivity contribution in [2.24, 2.45) is 0 Å². The van der Waals surface area contributed by atoms with Gasteiger partial charge in [0, 0.05) is 0 Å². The molecule has 1 N–H and O–H groups in total. The van der Waals surface area contributed by atoms with Gasteiger partial charge in [0.05, 0.1) is 22.7 Å². The van der Waals surface area contributed by atoms with Crippen LogP contribution in [0.1, 0.15) is 33.7 Å². The zero-order valence-corrected chi connectivity index (χ0v) is 8.50. The van der Waals surface area contributed by atoms with Crippen LogP contribution in [-0.4, -0.2) is 16.1 Å². The average molecular weight is 247 g/mol. The third-order valence-electron chi connectivity index (χ3n) is 1.80. The lowest BCUT2D eigenvalue weighted by Crippen LogP contribution is -2.09. The molecule has 16 heavy (non-hydrogen) atoms. The van der Waals surface area contributed by atoms with Crippen molar-refractivity contribution >= 4 is 17.6 Å². The molecule has 0 amide bonds. The molecule has 4 nitrogen and oxygen atoms in total. The molecule has 0 aromatic carbocycles. The maximum Gasteiger partial charge on any atom is 0.336 e. The van der Waals surface area contributed by atoms with Gasteiger partial charge in [0.15, 0.2) is 5.69 Å². The van der Waals surface area contributed by atoms with E-state index in [1.807, 2.05) is 0 Å². The number of alkyl halides is 3. The van der Waals surface area contributed by atoms with Gasteiger partial charge < -0.3 is 5.11 Å².